The van der Waals surface area contributed by atoms with Crippen molar-refractivity contribution in [2.75, 3.05) is 19.7 Å². The number of aliphatic hydroxyl groups is 1. The number of guanidine groups is 1. The van der Waals surface area contributed by atoms with Gasteiger partial charge in [0.05, 0.1) is 6.04 Å². The number of aliphatic hydroxyl groups excluding tert-OH is 1. The molecule has 7 nitrogen and oxygen atoms in total. The number of aromatic nitrogens is 3. The first-order valence-electron chi connectivity index (χ1n) is 7.71. The van der Waals surface area contributed by atoms with E-state index in [4.69, 9.17) is 5.11 Å². The highest BCUT2D eigenvalue weighted by atomic mass is 16.3. The topological polar surface area (TPSA) is 87.4 Å². The summed E-state index contributed by atoms with van der Waals surface area (Å²) < 4.78 is 1.98. The van der Waals surface area contributed by atoms with Crippen molar-refractivity contribution in [2.24, 2.45) is 10.9 Å². The van der Waals surface area contributed by atoms with Crippen LogP contribution in [0.3, 0.4) is 0 Å². The van der Waals surface area contributed by atoms with Gasteiger partial charge in [0.25, 0.3) is 0 Å². The van der Waals surface area contributed by atoms with E-state index in [0.29, 0.717) is 6.54 Å². The maximum absolute atomic E-state index is 9.10. The van der Waals surface area contributed by atoms with Gasteiger partial charge in [-0.3, -0.25) is 4.99 Å². The van der Waals surface area contributed by atoms with E-state index in [9.17, 15) is 0 Å². The molecule has 2 heterocycles. The van der Waals surface area contributed by atoms with Gasteiger partial charge >= 0.3 is 0 Å². The highest BCUT2D eigenvalue weighted by Gasteiger charge is 2.24. The molecule has 0 aromatic carbocycles. The summed E-state index contributed by atoms with van der Waals surface area (Å²) in [4.78, 5) is 9.06. The van der Waals surface area contributed by atoms with E-state index in [1.807, 2.05) is 25.5 Å². The zero-order valence-electron chi connectivity index (χ0n) is 13.1. The molecular formula is C14H26N6O. The average molecular weight is 294 g/mol. The minimum absolute atomic E-state index is 0.141. The minimum atomic E-state index is 0.141. The van der Waals surface area contributed by atoms with E-state index >= 15 is 0 Å². The average Bonchev–Trinajstić information content (AvgIpc) is 2.86. The molecule has 2 unspecified atom stereocenters. The van der Waals surface area contributed by atoms with E-state index in [1.165, 1.54) is 0 Å². The van der Waals surface area contributed by atoms with E-state index < -0.39 is 0 Å². The number of hydrogen-bond donors (Lipinski definition) is 3. The van der Waals surface area contributed by atoms with Gasteiger partial charge in [-0.25, -0.2) is 9.67 Å². The first-order chi connectivity index (χ1) is 10.1. The van der Waals surface area contributed by atoms with Crippen LogP contribution in [0.2, 0.25) is 0 Å². The SMILES string of the molecule is CCNC(=NCC(C)CO)NC1CCCn2nc(C)nc21. The van der Waals surface area contributed by atoms with Gasteiger partial charge < -0.3 is 15.7 Å². The number of fused-ring (bicyclic) bond motifs is 1. The maximum atomic E-state index is 9.10. The molecule has 2 atom stereocenters. The highest BCUT2D eigenvalue weighted by Crippen LogP contribution is 2.22. The third-order valence-corrected chi connectivity index (χ3v) is 3.51. The van der Waals surface area contributed by atoms with Crippen LogP contribution >= 0.6 is 0 Å². The molecule has 0 spiro atoms. The van der Waals surface area contributed by atoms with Crippen LogP contribution in [0.15, 0.2) is 4.99 Å². The third-order valence-electron chi connectivity index (χ3n) is 3.51. The Balaban J connectivity index is 2.07. The van der Waals surface area contributed by atoms with Gasteiger partial charge in [-0.05, 0) is 32.6 Å². The second-order valence-electron chi connectivity index (χ2n) is 5.59. The first-order valence-corrected chi connectivity index (χ1v) is 7.71. The molecule has 0 amide bonds. The quantitative estimate of drug-likeness (QED) is 0.547. The number of aliphatic imine (C=N–C) groups is 1. The Morgan fingerprint density at radius 3 is 3.10 bits per heavy atom. The monoisotopic (exact) mass is 294 g/mol. The molecule has 3 N–H and O–H groups in total. The molecule has 1 aliphatic heterocycles. The number of nitrogens with one attached hydrogen (secondary N) is 2. The van der Waals surface area contributed by atoms with Crippen molar-refractivity contribution in [1.29, 1.82) is 0 Å². The van der Waals surface area contributed by atoms with E-state index in [0.717, 1.165) is 43.5 Å². The fourth-order valence-electron chi connectivity index (χ4n) is 2.40. The Hall–Kier alpha value is -1.63. The molecule has 0 bridgehead atoms. The van der Waals surface area contributed by atoms with Gasteiger partial charge in [-0.2, -0.15) is 5.10 Å². The highest BCUT2D eigenvalue weighted by molar-refractivity contribution is 5.80. The molecule has 118 valence electrons. The Morgan fingerprint density at radius 1 is 1.57 bits per heavy atom. The van der Waals surface area contributed by atoms with E-state index in [1.54, 1.807) is 0 Å². The normalized spacial score (nSPS) is 20.0. The summed E-state index contributed by atoms with van der Waals surface area (Å²) in [6.07, 6.45) is 2.11. The predicted molar refractivity (Wildman–Crippen MR) is 82.1 cm³/mol. The number of rotatable bonds is 5. The molecule has 1 aliphatic rings. The number of nitrogens with zero attached hydrogens (tertiary/aromatic N) is 4. The van der Waals surface area contributed by atoms with Crippen molar-refractivity contribution in [3.63, 3.8) is 0 Å². The molecule has 21 heavy (non-hydrogen) atoms. The Bertz CT molecular complexity index is 484. The van der Waals surface area contributed by atoms with Crippen LogP contribution in [0.5, 0.6) is 0 Å². The molecule has 1 aromatic heterocycles. The van der Waals surface area contributed by atoms with Crippen molar-refractivity contribution >= 4 is 5.96 Å². The Labute approximate surface area is 125 Å². The standard InChI is InChI=1S/C14H26N6O/c1-4-15-14(16-8-10(2)9-21)18-12-6-5-7-20-13(12)17-11(3)19-20/h10,12,21H,4-9H2,1-3H3,(H2,15,16,18). The Morgan fingerprint density at radius 2 is 2.38 bits per heavy atom. The third kappa shape index (κ3) is 4.17. The molecular weight excluding hydrogens is 268 g/mol. The zero-order chi connectivity index (χ0) is 15.2. The fourth-order valence-corrected chi connectivity index (χ4v) is 2.40. The van der Waals surface area contributed by atoms with Crippen LogP contribution in [0.1, 0.15) is 44.4 Å². The van der Waals surface area contributed by atoms with Crippen LogP contribution in [0, 0.1) is 12.8 Å². The van der Waals surface area contributed by atoms with Gasteiger partial charge in [-0.1, -0.05) is 6.92 Å². The summed E-state index contributed by atoms with van der Waals surface area (Å²) in [6.45, 7) is 8.43. The summed E-state index contributed by atoms with van der Waals surface area (Å²) in [6, 6.07) is 0.141. The van der Waals surface area contributed by atoms with Gasteiger partial charge in [0.2, 0.25) is 0 Å². The number of aryl methyl sites for hydroxylation is 2. The predicted octanol–water partition coefficient (Wildman–Crippen LogP) is 0.605. The summed E-state index contributed by atoms with van der Waals surface area (Å²) >= 11 is 0. The minimum Gasteiger partial charge on any atom is -0.396 e. The van der Waals surface area contributed by atoms with E-state index in [2.05, 4.69) is 25.7 Å². The Kier molecular flexibility index (Phi) is 5.55. The van der Waals surface area contributed by atoms with Gasteiger partial charge in [0.15, 0.2) is 5.96 Å². The molecule has 2 rings (SSSR count). The molecule has 0 radical (unpaired) electrons. The summed E-state index contributed by atoms with van der Waals surface area (Å²) in [5, 5.41) is 20.2. The van der Waals surface area contributed by atoms with Crippen LogP contribution in [0.25, 0.3) is 0 Å². The lowest BCUT2D eigenvalue weighted by molar-refractivity contribution is 0.241. The lowest BCUT2D eigenvalue weighted by Crippen LogP contribution is -2.41. The van der Waals surface area contributed by atoms with Crippen LogP contribution in [-0.2, 0) is 6.54 Å². The van der Waals surface area contributed by atoms with Crippen molar-refractivity contribution in [1.82, 2.24) is 25.4 Å². The molecule has 1 aromatic rings. The van der Waals surface area contributed by atoms with Gasteiger partial charge in [0.1, 0.15) is 11.6 Å². The second kappa shape index (κ2) is 7.40. The van der Waals surface area contributed by atoms with Crippen LogP contribution in [-0.4, -0.2) is 45.5 Å². The van der Waals surface area contributed by atoms with Gasteiger partial charge in [0, 0.05) is 26.2 Å². The largest absolute Gasteiger partial charge is 0.396 e. The van der Waals surface area contributed by atoms with Crippen molar-refractivity contribution in [3.8, 4) is 0 Å². The van der Waals surface area contributed by atoms with Crippen molar-refractivity contribution in [3.05, 3.63) is 11.6 Å². The van der Waals surface area contributed by atoms with Crippen LogP contribution < -0.4 is 10.6 Å². The molecule has 0 saturated heterocycles. The van der Waals surface area contributed by atoms with Crippen LogP contribution in [0.4, 0.5) is 0 Å². The zero-order valence-corrected chi connectivity index (χ0v) is 13.1. The van der Waals surface area contributed by atoms with Gasteiger partial charge in [-0.15, -0.1) is 0 Å². The summed E-state index contributed by atoms with van der Waals surface area (Å²) in [5.41, 5.74) is 0. The fraction of sp³-hybridized carbons (Fsp3) is 0.786. The van der Waals surface area contributed by atoms with E-state index in [-0.39, 0.29) is 18.6 Å². The van der Waals surface area contributed by atoms with Crippen molar-refractivity contribution in [2.45, 2.75) is 46.2 Å². The lowest BCUT2D eigenvalue weighted by atomic mass is 10.1. The van der Waals surface area contributed by atoms with Crippen molar-refractivity contribution < 1.29 is 5.11 Å². The molecule has 0 saturated carbocycles. The molecule has 0 fully saturated rings. The smallest absolute Gasteiger partial charge is 0.191 e. The summed E-state index contributed by atoms with van der Waals surface area (Å²) in [5.74, 6) is 2.74. The summed E-state index contributed by atoms with van der Waals surface area (Å²) in [7, 11) is 0. The molecule has 7 heteroatoms. The molecule has 0 aliphatic carbocycles. The second-order valence-corrected chi connectivity index (χ2v) is 5.59. The maximum Gasteiger partial charge on any atom is 0.191 e. The lowest BCUT2D eigenvalue weighted by Gasteiger charge is -2.25. The number of hydrogen-bond acceptors (Lipinski definition) is 4. The first kappa shape index (κ1) is 15.8.